The summed E-state index contributed by atoms with van der Waals surface area (Å²) in [5, 5.41) is 0.329. The van der Waals surface area contributed by atoms with Crippen LogP contribution < -0.4 is 5.73 Å². The standard InChI is InChI=1S/C12H13N3O9S4/c1-11(9(13)17,26-25-7-4-2-3-5-14-7)15-8(16)6-12(10(15)18,27(19,20)21)28(22,23)24/h2-5H,6H2,1H3,(H2,13,17)(H,19,20,21)(H,22,23,24). The number of aromatic nitrogens is 1. The second-order valence-electron chi connectivity index (χ2n) is 5.60. The van der Waals surface area contributed by atoms with Gasteiger partial charge in [-0.25, -0.2) is 4.98 Å². The number of likely N-dealkylation sites (tertiary alicyclic amines) is 1. The Labute approximate surface area is 167 Å². The number of amides is 3. The van der Waals surface area contributed by atoms with Crippen LogP contribution in [-0.4, -0.2) is 62.5 Å². The number of imide groups is 1. The third-order valence-corrected chi connectivity index (χ3v) is 10.3. The Bertz CT molecular complexity index is 1010. The van der Waals surface area contributed by atoms with Crippen LogP contribution in [0, 0.1) is 0 Å². The summed E-state index contributed by atoms with van der Waals surface area (Å²) >= 11 is 0. The summed E-state index contributed by atoms with van der Waals surface area (Å²) in [6.07, 6.45) is -0.209. The lowest BCUT2D eigenvalue weighted by molar-refractivity contribution is -0.146. The maximum absolute atomic E-state index is 12.7. The second-order valence-corrected chi connectivity index (χ2v) is 11.7. The van der Waals surface area contributed by atoms with Gasteiger partial charge < -0.3 is 5.73 Å². The van der Waals surface area contributed by atoms with E-state index in [1.54, 1.807) is 12.1 Å². The summed E-state index contributed by atoms with van der Waals surface area (Å²) in [6, 6.07) is 4.72. The largest absolute Gasteiger partial charge is 0.367 e. The van der Waals surface area contributed by atoms with Crippen molar-refractivity contribution in [3.63, 3.8) is 0 Å². The Hall–Kier alpha value is -1.72. The van der Waals surface area contributed by atoms with E-state index in [4.69, 9.17) is 5.73 Å². The summed E-state index contributed by atoms with van der Waals surface area (Å²) < 4.78 is 61.4. The van der Waals surface area contributed by atoms with Crippen molar-refractivity contribution in [3.05, 3.63) is 24.4 Å². The first kappa shape index (κ1) is 22.6. The van der Waals surface area contributed by atoms with E-state index >= 15 is 0 Å². The molecule has 3 amide bonds. The molecule has 154 valence electrons. The number of primary amides is 1. The van der Waals surface area contributed by atoms with Gasteiger partial charge in [0.05, 0.1) is 6.42 Å². The Balaban J connectivity index is 2.55. The molecule has 0 aliphatic carbocycles. The molecule has 1 aliphatic rings. The van der Waals surface area contributed by atoms with Gasteiger partial charge in [0, 0.05) is 6.20 Å². The summed E-state index contributed by atoms with van der Waals surface area (Å²) in [5.41, 5.74) is 5.28. The quantitative estimate of drug-likeness (QED) is 0.255. The molecule has 2 heterocycles. The molecule has 2 rings (SSSR count). The lowest BCUT2D eigenvalue weighted by Crippen LogP contribution is -2.59. The third-order valence-electron chi connectivity index (χ3n) is 3.81. The van der Waals surface area contributed by atoms with E-state index in [0.717, 1.165) is 17.7 Å². The molecule has 0 radical (unpaired) electrons. The van der Waals surface area contributed by atoms with Crippen molar-refractivity contribution in [2.75, 3.05) is 0 Å². The lowest BCUT2D eigenvalue weighted by atomic mass is 10.2. The number of hydrogen-bond donors (Lipinski definition) is 3. The molecule has 28 heavy (non-hydrogen) atoms. The predicted molar refractivity (Wildman–Crippen MR) is 97.6 cm³/mol. The summed E-state index contributed by atoms with van der Waals surface area (Å²) in [4.78, 5) is 38.8. The smallest absolute Gasteiger partial charge is 0.308 e. The molecule has 0 bridgehead atoms. The highest BCUT2D eigenvalue weighted by Gasteiger charge is 2.72. The van der Waals surface area contributed by atoms with E-state index in [1.807, 2.05) is 0 Å². The SMILES string of the molecule is CC(SSc1ccccn1)(C(N)=O)N1C(=O)CC(S(=O)(=O)O)(S(=O)(=O)O)C1=O. The number of rotatable bonds is 7. The van der Waals surface area contributed by atoms with E-state index < -0.39 is 53.3 Å². The fourth-order valence-corrected chi connectivity index (χ4v) is 6.95. The van der Waals surface area contributed by atoms with Crippen LogP contribution in [-0.2, 0) is 34.6 Å². The van der Waals surface area contributed by atoms with Gasteiger partial charge in [0.1, 0.15) is 5.03 Å². The number of nitrogens with two attached hydrogens (primary N) is 1. The molecule has 1 atom stereocenters. The van der Waals surface area contributed by atoms with Crippen LogP contribution >= 0.6 is 21.6 Å². The number of pyridine rings is 1. The van der Waals surface area contributed by atoms with Gasteiger partial charge in [0.25, 0.3) is 32.1 Å². The number of carbonyl (C=O) groups is 3. The molecule has 0 saturated carbocycles. The van der Waals surface area contributed by atoms with Crippen molar-refractivity contribution >= 4 is 59.5 Å². The monoisotopic (exact) mass is 471 g/mol. The summed E-state index contributed by atoms with van der Waals surface area (Å²) in [7, 11) is -10.3. The molecule has 1 aliphatic heterocycles. The van der Waals surface area contributed by atoms with Gasteiger partial charge in [-0.2, -0.15) is 16.8 Å². The zero-order valence-electron chi connectivity index (χ0n) is 13.9. The Morgan fingerprint density at radius 2 is 1.82 bits per heavy atom. The van der Waals surface area contributed by atoms with Gasteiger partial charge in [-0.3, -0.25) is 28.4 Å². The first-order chi connectivity index (χ1) is 12.7. The van der Waals surface area contributed by atoms with Crippen LogP contribution in [0.2, 0.25) is 0 Å². The van der Waals surface area contributed by atoms with Crippen LogP contribution in [0.4, 0.5) is 0 Å². The Morgan fingerprint density at radius 1 is 1.25 bits per heavy atom. The van der Waals surface area contributed by atoms with Crippen LogP contribution in [0.25, 0.3) is 0 Å². The minimum atomic E-state index is -5.82. The minimum Gasteiger partial charge on any atom is -0.367 e. The molecule has 1 aromatic heterocycles. The predicted octanol–water partition coefficient (Wildman–Crippen LogP) is -0.746. The lowest BCUT2D eigenvalue weighted by Gasteiger charge is -2.33. The number of hydrogen-bond acceptors (Lipinski definition) is 10. The molecular weight excluding hydrogens is 458 g/mol. The van der Waals surface area contributed by atoms with Crippen molar-refractivity contribution in [1.82, 2.24) is 9.88 Å². The van der Waals surface area contributed by atoms with Crippen LogP contribution in [0.3, 0.4) is 0 Å². The van der Waals surface area contributed by atoms with Crippen LogP contribution in [0.1, 0.15) is 13.3 Å². The van der Waals surface area contributed by atoms with Gasteiger partial charge in [-0.05, 0) is 40.6 Å². The maximum Gasteiger partial charge on any atom is 0.308 e. The van der Waals surface area contributed by atoms with Crippen molar-refractivity contribution in [1.29, 1.82) is 0 Å². The molecule has 1 saturated heterocycles. The first-order valence-corrected chi connectivity index (χ1v) is 12.1. The summed E-state index contributed by atoms with van der Waals surface area (Å²) in [6.45, 7) is 0.982. The zero-order valence-corrected chi connectivity index (χ0v) is 17.1. The van der Waals surface area contributed by atoms with Crippen molar-refractivity contribution < 1.29 is 40.3 Å². The minimum absolute atomic E-state index is 0.0114. The van der Waals surface area contributed by atoms with Gasteiger partial charge in [0.15, 0.2) is 4.87 Å². The van der Waals surface area contributed by atoms with Crippen LogP contribution in [0.5, 0.6) is 0 Å². The first-order valence-electron chi connectivity index (χ1n) is 7.06. The Kier molecular flexibility index (Phi) is 5.86. The molecule has 1 unspecified atom stereocenters. The van der Waals surface area contributed by atoms with Crippen molar-refractivity contribution in [2.45, 2.75) is 27.3 Å². The van der Waals surface area contributed by atoms with Gasteiger partial charge in [-0.15, -0.1) is 0 Å². The fourth-order valence-electron chi connectivity index (χ4n) is 2.31. The summed E-state index contributed by atoms with van der Waals surface area (Å²) in [5.74, 6) is -4.75. The van der Waals surface area contributed by atoms with E-state index in [9.17, 15) is 40.3 Å². The highest BCUT2D eigenvalue weighted by atomic mass is 33.1. The average molecular weight is 472 g/mol. The maximum atomic E-state index is 12.7. The van der Waals surface area contributed by atoms with E-state index in [2.05, 4.69) is 4.98 Å². The van der Waals surface area contributed by atoms with Crippen molar-refractivity contribution in [2.24, 2.45) is 5.73 Å². The second kappa shape index (κ2) is 7.27. The number of nitrogens with zero attached hydrogens (tertiary/aromatic N) is 2. The normalized spacial score (nSPS) is 19.5. The zero-order chi connectivity index (χ0) is 21.5. The molecule has 1 aromatic rings. The van der Waals surface area contributed by atoms with Crippen molar-refractivity contribution in [3.8, 4) is 0 Å². The average Bonchev–Trinajstić information content (AvgIpc) is 2.85. The molecule has 0 aromatic carbocycles. The molecule has 0 spiro atoms. The van der Waals surface area contributed by atoms with E-state index in [0.29, 0.717) is 15.8 Å². The van der Waals surface area contributed by atoms with Gasteiger partial charge in [-0.1, -0.05) is 6.07 Å². The molecular formula is C12H13N3O9S4. The molecule has 12 nitrogen and oxygen atoms in total. The van der Waals surface area contributed by atoms with E-state index in [1.165, 1.54) is 12.3 Å². The third kappa shape index (κ3) is 3.50. The topological polar surface area (TPSA) is 202 Å². The highest BCUT2D eigenvalue weighted by molar-refractivity contribution is 8.77. The molecule has 4 N–H and O–H groups in total. The fraction of sp³-hybridized carbons (Fsp3) is 0.333. The molecule has 1 fully saturated rings. The van der Waals surface area contributed by atoms with Gasteiger partial charge in [0.2, 0.25) is 5.91 Å². The highest BCUT2D eigenvalue weighted by Crippen LogP contribution is 2.47. The van der Waals surface area contributed by atoms with Gasteiger partial charge >= 0.3 is 4.08 Å². The Morgan fingerprint density at radius 3 is 2.21 bits per heavy atom. The molecule has 16 heteroatoms. The van der Waals surface area contributed by atoms with Crippen LogP contribution in [0.15, 0.2) is 29.4 Å². The number of carbonyl (C=O) groups excluding carboxylic acids is 3. The van der Waals surface area contributed by atoms with E-state index in [-0.39, 0.29) is 4.90 Å².